The Hall–Kier alpha value is -4.20. The van der Waals surface area contributed by atoms with Gasteiger partial charge >= 0.3 is 0 Å². The molecule has 0 spiro atoms. The lowest BCUT2D eigenvalue weighted by molar-refractivity contribution is 0.111. The average Bonchev–Trinajstić information content (AvgIpc) is 2.79. The fourth-order valence-corrected chi connectivity index (χ4v) is 2.49. The van der Waals surface area contributed by atoms with Gasteiger partial charge in [-0.15, -0.1) is 0 Å². The van der Waals surface area contributed by atoms with Crippen molar-refractivity contribution in [2.24, 2.45) is 0 Å². The van der Waals surface area contributed by atoms with Crippen LogP contribution in [0, 0.1) is 13.8 Å². The molecule has 0 amide bonds. The summed E-state index contributed by atoms with van der Waals surface area (Å²) in [5.41, 5.74) is 3.75. The van der Waals surface area contributed by atoms with Gasteiger partial charge in [-0.2, -0.15) is 0 Å². The van der Waals surface area contributed by atoms with E-state index in [0.29, 0.717) is 47.0 Å². The molecule has 4 aromatic rings. The highest BCUT2D eigenvalue weighted by Crippen LogP contribution is 2.13. The standard InChI is InChI=1S/C12H11N3O.C10H7N3O/c1-8-4-3-5-11(13-8)12-14-9(2)6-10(7-16)15-12;14-7-8-4-6-12-10(13-8)9-3-1-2-5-11-9/h3-7H,1-2H3;1-7H. The Morgan fingerprint density at radius 1 is 0.633 bits per heavy atom. The Balaban J connectivity index is 0.000000172. The maximum absolute atomic E-state index is 10.7. The van der Waals surface area contributed by atoms with Crippen molar-refractivity contribution < 1.29 is 9.59 Å². The molecular formula is C22H18N6O2. The Morgan fingerprint density at radius 3 is 2.10 bits per heavy atom. The van der Waals surface area contributed by atoms with Crippen LogP contribution in [0.4, 0.5) is 0 Å². The quantitative estimate of drug-likeness (QED) is 0.481. The van der Waals surface area contributed by atoms with Gasteiger partial charge in [0.15, 0.2) is 24.2 Å². The van der Waals surface area contributed by atoms with Crippen molar-refractivity contribution in [3.05, 3.63) is 83.7 Å². The zero-order valence-electron chi connectivity index (χ0n) is 16.4. The summed E-state index contributed by atoms with van der Waals surface area (Å²) in [7, 11) is 0. The number of carbonyl (C=O) groups is 2. The minimum atomic E-state index is 0.362. The molecule has 4 aromatic heterocycles. The van der Waals surface area contributed by atoms with E-state index in [4.69, 9.17) is 0 Å². The van der Waals surface area contributed by atoms with Crippen LogP contribution in [0.3, 0.4) is 0 Å². The van der Waals surface area contributed by atoms with Crippen molar-refractivity contribution in [3.63, 3.8) is 0 Å². The molecule has 0 radical (unpaired) electrons. The lowest BCUT2D eigenvalue weighted by Gasteiger charge is -2.02. The first kappa shape index (κ1) is 20.5. The normalized spacial score (nSPS) is 9.93. The first-order chi connectivity index (χ1) is 14.6. The molecule has 4 rings (SSSR count). The van der Waals surface area contributed by atoms with Gasteiger partial charge in [-0.05, 0) is 50.2 Å². The third-order valence-electron chi connectivity index (χ3n) is 3.80. The highest BCUT2D eigenvalue weighted by atomic mass is 16.1. The number of hydrogen-bond donors (Lipinski definition) is 0. The summed E-state index contributed by atoms with van der Waals surface area (Å²) in [4.78, 5) is 46.0. The van der Waals surface area contributed by atoms with Crippen LogP contribution in [-0.4, -0.2) is 42.5 Å². The molecule has 8 heteroatoms. The molecule has 0 aliphatic heterocycles. The molecule has 0 aliphatic carbocycles. The van der Waals surface area contributed by atoms with Crippen molar-refractivity contribution in [1.29, 1.82) is 0 Å². The van der Waals surface area contributed by atoms with Gasteiger partial charge in [-0.1, -0.05) is 12.1 Å². The van der Waals surface area contributed by atoms with Gasteiger partial charge in [0.05, 0.1) is 0 Å². The summed E-state index contributed by atoms with van der Waals surface area (Å²) in [6.07, 6.45) is 4.61. The second-order valence-corrected chi connectivity index (χ2v) is 6.18. The van der Waals surface area contributed by atoms with E-state index in [2.05, 4.69) is 29.9 Å². The SMILES string of the molecule is Cc1cccc(-c2nc(C)cc(C=O)n2)n1.O=Cc1ccnc(-c2ccccn2)n1. The summed E-state index contributed by atoms with van der Waals surface area (Å²) in [6, 6.07) is 14.3. The first-order valence-corrected chi connectivity index (χ1v) is 9.03. The van der Waals surface area contributed by atoms with Crippen LogP contribution in [0.2, 0.25) is 0 Å². The first-order valence-electron chi connectivity index (χ1n) is 9.03. The van der Waals surface area contributed by atoms with Crippen molar-refractivity contribution in [3.8, 4) is 23.0 Å². The summed E-state index contributed by atoms with van der Waals surface area (Å²) in [5.74, 6) is 0.959. The Bertz CT molecular complexity index is 1170. The summed E-state index contributed by atoms with van der Waals surface area (Å²) in [5, 5.41) is 0. The third kappa shape index (κ3) is 5.41. The van der Waals surface area contributed by atoms with E-state index < -0.39 is 0 Å². The highest BCUT2D eigenvalue weighted by Gasteiger charge is 2.06. The number of hydrogen-bond acceptors (Lipinski definition) is 8. The summed E-state index contributed by atoms with van der Waals surface area (Å²) >= 11 is 0. The molecule has 0 unspecified atom stereocenters. The zero-order valence-corrected chi connectivity index (χ0v) is 16.4. The number of rotatable bonds is 4. The van der Waals surface area contributed by atoms with Crippen molar-refractivity contribution in [2.75, 3.05) is 0 Å². The van der Waals surface area contributed by atoms with Crippen LogP contribution < -0.4 is 0 Å². The number of carbonyl (C=O) groups excluding carboxylic acids is 2. The lowest BCUT2D eigenvalue weighted by Crippen LogP contribution is -1.98. The molecule has 0 fully saturated rings. The van der Waals surface area contributed by atoms with Crippen molar-refractivity contribution >= 4 is 12.6 Å². The number of pyridine rings is 2. The van der Waals surface area contributed by atoms with Crippen LogP contribution in [0.1, 0.15) is 32.4 Å². The van der Waals surface area contributed by atoms with E-state index in [0.717, 1.165) is 11.4 Å². The maximum Gasteiger partial charge on any atom is 0.179 e. The lowest BCUT2D eigenvalue weighted by atomic mass is 10.2. The second kappa shape index (κ2) is 9.83. The second-order valence-electron chi connectivity index (χ2n) is 6.18. The minimum absolute atomic E-state index is 0.362. The fourth-order valence-electron chi connectivity index (χ4n) is 2.49. The van der Waals surface area contributed by atoms with Crippen LogP contribution in [0.15, 0.2) is 60.9 Å². The van der Waals surface area contributed by atoms with Crippen LogP contribution in [0.25, 0.3) is 23.0 Å². The Labute approximate surface area is 173 Å². The van der Waals surface area contributed by atoms with Crippen LogP contribution in [-0.2, 0) is 0 Å². The van der Waals surface area contributed by atoms with Gasteiger partial charge in [0, 0.05) is 23.8 Å². The number of aldehydes is 2. The predicted molar refractivity (Wildman–Crippen MR) is 111 cm³/mol. The largest absolute Gasteiger partial charge is 0.296 e. The van der Waals surface area contributed by atoms with E-state index in [1.54, 1.807) is 30.6 Å². The number of aryl methyl sites for hydroxylation is 2. The molecule has 30 heavy (non-hydrogen) atoms. The molecule has 0 bridgehead atoms. The maximum atomic E-state index is 10.7. The smallest absolute Gasteiger partial charge is 0.179 e. The number of nitrogens with zero attached hydrogens (tertiary/aromatic N) is 6. The predicted octanol–water partition coefficient (Wildman–Crippen LogP) is 3.32. The van der Waals surface area contributed by atoms with Gasteiger partial charge in [-0.3, -0.25) is 14.6 Å². The average molecular weight is 398 g/mol. The van der Waals surface area contributed by atoms with Gasteiger partial charge in [0.2, 0.25) is 0 Å². The van der Waals surface area contributed by atoms with Crippen molar-refractivity contribution in [1.82, 2.24) is 29.9 Å². The van der Waals surface area contributed by atoms with E-state index in [1.165, 1.54) is 0 Å². The minimum Gasteiger partial charge on any atom is -0.296 e. The Kier molecular flexibility index (Phi) is 6.73. The Morgan fingerprint density at radius 2 is 1.40 bits per heavy atom. The molecule has 0 saturated carbocycles. The third-order valence-corrected chi connectivity index (χ3v) is 3.80. The van der Waals surface area contributed by atoms with Gasteiger partial charge in [-0.25, -0.2) is 24.9 Å². The molecule has 0 saturated heterocycles. The monoisotopic (exact) mass is 398 g/mol. The van der Waals surface area contributed by atoms with Gasteiger partial charge in [0.25, 0.3) is 0 Å². The van der Waals surface area contributed by atoms with E-state index in [-0.39, 0.29) is 0 Å². The molecular weight excluding hydrogens is 380 g/mol. The fraction of sp³-hybridized carbons (Fsp3) is 0.0909. The summed E-state index contributed by atoms with van der Waals surface area (Å²) < 4.78 is 0. The van der Waals surface area contributed by atoms with Gasteiger partial charge < -0.3 is 0 Å². The summed E-state index contributed by atoms with van der Waals surface area (Å²) in [6.45, 7) is 3.73. The molecule has 0 aromatic carbocycles. The van der Waals surface area contributed by atoms with Crippen LogP contribution >= 0.6 is 0 Å². The van der Waals surface area contributed by atoms with E-state index >= 15 is 0 Å². The molecule has 0 aliphatic rings. The molecule has 0 N–H and O–H groups in total. The molecule has 0 atom stereocenters. The molecule has 8 nitrogen and oxygen atoms in total. The highest BCUT2D eigenvalue weighted by molar-refractivity contribution is 5.73. The van der Waals surface area contributed by atoms with Crippen molar-refractivity contribution in [2.45, 2.75) is 13.8 Å². The van der Waals surface area contributed by atoms with Crippen LogP contribution in [0.5, 0.6) is 0 Å². The van der Waals surface area contributed by atoms with Gasteiger partial charge in [0.1, 0.15) is 22.8 Å². The topological polar surface area (TPSA) is 111 Å². The molecule has 148 valence electrons. The number of aromatic nitrogens is 6. The molecule has 4 heterocycles. The van der Waals surface area contributed by atoms with E-state index in [9.17, 15) is 9.59 Å². The van der Waals surface area contributed by atoms with E-state index in [1.807, 2.05) is 44.2 Å². The zero-order chi connectivity index (χ0) is 21.3.